The van der Waals surface area contributed by atoms with Gasteiger partial charge in [0, 0.05) is 25.2 Å². The van der Waals surface area contributed by atoms with Gasteiger partial charge in [-0.05, 0) is 49.7 Å². The van der Waals surface area contributed by atoms with E-state index in [0.717, 1.165) is 62.4 Å². The number of aromatic nitrogens is 2. The Labute approximate surface area is 160 Å². The van der Waals surface area contributed by atoms with Gasteiger partial charge in [0.15, 0.2) is 0 Å². The van der Waals surface area contributed by atoms with Gasteiger partial charge in [0.1, 0.15) is 17.3 Å². The molecule has 1 amide bonds. The van der Waals surface area contributed by atoms with E-state index >= 15 is 0 Å². The van der Waals surface area contributed by atoms with Crippen LogP contribution >= 0.6 is 0 Å². The highest BCUT2D eigenvalue weighted by molar-refractivity contribution is 5.94. The number of imidazole rings is 1. The van der Waals surface area contributed by atoms with Crippen LogP contribution in [0, 0.1) is 17.7 Å². The molecular weight excluding hydrogens is 341 g/mol. The van der Waals surface area contributed by atoms with Crippen LogP contribution in [-0.2, 0) is 13.0 Å². The molecule has 2 aliphatic rings. The van der Waals surface area contributed by atoms with Gasteiger partial charge in [-0.15, -0.1) is 0 Å². The van der Waals surface area contributed by atoms with Crippen molar-refractivity contribution in [1.29, 1.82) is 0 Å². The number of likely N-dealkylation sites (tertiary alicyclic amines) is 1. The monoisotopic (exact) mass is 369 g/mol. The number of hydrogen-bond acceptors (Lipinski definition) is 2. The van der Waals surface area contributed by atoms with Crippen LogP contribution in [0.1, 0.15) is 55.7 Å². The molecule has 0 unspecified atom stereocenters. The lowest BCUT2D eigenvalue weighted by Crippen LogP contribution is -2.43. The Morgan fingerprint density at radius 1 is 1.15 bits per heavy atom. The molecule has 4 rings (SSSR count). The summed E-state index contributed by atoms with van der Waals surface area (Å²) in [5, 5.41) is 0. The predicted octanol–water partition coefficient (Wildman–Crippen LogP) is 4.53. The van der Waals surface area contributed by atoms with Gasteiger partial charge in [-0.3, -0.25) is 4.79 Å². The van der Waals surface area contributed by atoms with Crippen molar-refractivity contribution in [2.45, 2.75) is 52.5 Å². The molecule has 1 fully saturated rings. The van der Waals surface area contributed by atoms with E-state index in [9.17, 15) is 9.18 Å². The molecule has 144 valence electrons. The number of amides is 1. The normalized spacial score (nSPS) is 23.0. The number of carbonyl (C=O) groups is 1. The van der Waals surface area contributed by atoms with Crippen LogP contribution in [0.25, 0.3) is 11.4 Å². The van der Waals surface area contributed by atoms with Gasteiger partial charge in [-0.1, -0.05) is 32.4 Å². The van der Waals surface area contributed by atoms with Crippen molar-refractivity contribution in [1.82, 2.24) is 14.5 Å². The highest BCUT2D eigenvalue weighted by atomic mass is 19.1. The van der Waals surface area contributed by atoms with E-state index in [1.54, 1.807) is 6.07 Å². The van der Waals surface area contributed by atoms with Gasteiger partial charge in [0.2, 0.25) is 0 Å². The lowest BCUT2D eigenvalue weighted by molar-refractivity contribution is 0.0616. The minimum absolute atomic E-state index is 0.0432. The first-order valence-corrected chi connectivity index (χ1v) is 10.2. The summed E-state index contributed by atoms with van der Waals surface area (Å²) in [5.74, 6) is 1.53. The Bertz CT molecular complexity index is 834. The molecule has 0 saturated carbocycles. The lowest BCUT2D eigenvalue weighted by atomic mass is 9.91. The summed E-state index contributed by atoms with van der Waals surface area (Å²) < 4.78 is 16.0. The van der Waals surface area contributed by atoms with Crippen LogP contribution in [0.3, 0.4) is 0 Å². The van der Waals surface area contributed by atoms with E-state index in [4.69, 9.17) is 4.98 Å². The summed E-state index contributed by atoms with van der Waals surface area (Å²) in [6.07, 6.45) is 5.32. The fourth-order valence-electron chi connectivity index (χ4n) is 4.72. The Balaban J connectivity index is 1.75. The zero-order valence-corrected chi connectivity index (χ0v) is 16.2. The largest absolute Gasteiger partial charge is 0.337 e. The molecule has 4 nitrogen and oxygen atoms in total. The molecule has 2 aliphatic heterocycles. The number of hydrogen-bond donors (Lipinski definition) is 0. The van der Waals surface area contributed by atoms with E-state index in [0.29, 0.717) is 17.5 Å². The van der Waals surface area contributed by atoms with E-state index in [1.165, 1.54) is 18.6 Å². The van der Waals surface area contributed by atoms with Gasteiger partial charge in [0.25, 0.3) is 5.91 Å². The maximum Gasteiger partial charge on any atom is 0.274 e. The zero-order valence-electron chi connectivity index (χ0n) is 16.2. The third-order valence-corrected chi connectivity index (χ3v) is 5.81. The average molecular weight is 369 g/mol. The smallest absolute Gasteiger partial charge is 0.274 e. The van der Waals surface area contributed by atoms with Crippen LogP contribution in [0.2, 0.25) is 0 Å². The van der Waals surface area contributed by atoms with Crippen LogP contribution in [0.4, 0.5) is 4.39 Å². The Morgan fingerprint density at radius 2 is 1.93 bits per heavy atom. The maximum atomic E-state index is 13.8. The minimum atomic E-state index is -0.273. The van der Waals surface area contributed by atoms with Gasteiger partial charge in [0.05, 0.1) is 5.69 Å². The van der Waals surface area contributed by atoms with Crippen molar-refractivity contribution in [3.05, 3.63) is 41.5 Å². The second kappa shape index (κ2) is 7.45. The van der Waals surface area contributed by atoms with Gasteiger partial charge in [-0.2, -0.15) is 0 Å². The molecule has 0 bridgehead atoms. The maximum absolute atomic E-state index is 13.8. The highest BCUT2D eigenvalue weighted by Gasteiger charge is 2.31. The third-order valence-electron chi connectivity index (χ3n) is 5.81. The second-order valence-corrected chi connectivity index (χ2v) is 8.36. The number of carbonyl (C=O) groups excluding carboxylic acids is 1. The molecule has 2 atom stereocenters. The molecule has 0 spiro atoms. The summed E-state index contributed by atoms with van der Waals surface area (Å²) >= 11 is 0. The number of rotatable bonds is 2. The van der Waals surface area contributed by atoms with Gasteiger partial charge >= 0.3 is 0 Å². The standard InChI is InChI=1S/C22H28FN3O/c1-15-11-16(2)14-25(13-15)22(27)20-19-9-4-3-5-10-26(19)21(24-20)17-7-6-8-18(23)12-17/h6-8,12,15-16H,3-5,9-11,13-14H2,1-2H3/t15-,16-/m0/s1. The fraction of sp³-hybridized carbons (Fsp3) is 0.545. The summed E-state index contributed by atoms with van der Waals surface area (Å²) in [7, 11) is 0. The zero-order chi connectivity index (χ0) is 19.0. The predicted molar refractivity (Wildman–Crippen MR) is 104 cm³/mol. The van der Waals surface area contributed by atoms with Crippen molar-refractivity contribution in [2.75, 3.05) is 13.1 Å². The Hall–Kier alpha value is -2.17. The third kappa shape index (κ3) is 3.64. The fourth-order valence-corrected chi connectivity index (χ4v) is 4.72. The van der Waals surface area contributed by atoms with E-state index in [2.05, 4.69) is 18.4 Å². The van der Waals surface area contributed by atoms with Crippen LogP contribution in [0.15, 0.2) is 24.3 Å². The number of piperidine rings is 1. The van der Waals surface area contributed by atoms with Crippen LogP contribution in [-0.4, -0.2) is 33.4 Å². The number of fused-ring (bicyclic) bond motifs is 1. The summed E-state index contributed by atoms with van der Waals surface area (Å²) in [5.41, 5.74) is 2.36. The van der Waals surface area contributed by atoms with E-state index in [-0.39, 0.29) is 11.7 Å². The first kappa shape index (κ1) is 18.2. The van der Waals surface area contributed by atoms with Crippen molar-refractivity contribution in [3.63, 3.8) is 0 Å². The van der Waals surface area contributed by atoms with E-state index in [1.807, 2.05) is 11.0 Å². The van der Waals surface area contributed by atoms with Crippen molar-refractivity contribution >= 4 is 5.91 Å². The molecule has 1 saturated heterocycles. The molecule has 27 heavy (non-hydrogen) atoms. The number of halogens is 1. The molecule has 3 heterocycles. The summed E-state index contributed by atoms with van der Waals surface area (Å²) in [6, 6.07) is 6.54. The van der Waals surface area contributed by atoms with Crippen molar-refractivity contribution in [3.8, 4) is 11.4 Å². The molecule has 0 aliphatic carbocycles. The van der Waals surface area contributed by atoms with Gasteiger partial charge < -0.3 is 9.47 Å². The Morgan fingerprint density at radius 3 is 2.67 bits per heavy atom. The summed E-state index contributed by atoms with van der Waals surface area (Å²) in [4.78, 5) is 20.1. The molecule has 1 aromatic heterocycles. The molecule has 0 N–H and O–H groups in total. The first-order valence-electron chi connectivity index (χ1n) is 10.2. The molecule has 0 radical (unpaired) electrons. The SMILES string of the molecule is C[C@H]1C[C@H](C)CN(C(=O)c2nc(-c3cccc(F)c3)n3c2CCCCC3)C1. The Kier molecular flexibility index (Phi) is 5.02. The number of benzene rings is 1. The minimum Gasteiger partial charge on any atom is -0.337 e. The molecule has 2 aromatic rings. The van der Waals surface area contributed by atoms with Crippen molar-refractivity contribution in [2.24, 2.45) is 11.8 Å². The average Bonchev–Trinajstić information content (AvgIpc) is 2.81. The van der Waals surface area contributed by atoms with Crippen molar-refractivity contribution < 1.29 is 9.18 Å². The molecule has 1 aromatic carbocycles. The molecular formula is C22H28FN3O. The highest BCUT2D eigenvalue weighted by Crippen LogP contribution is 2.30. The molecule has 5 heteroatoms. The topological polar surface area (TPSA) is 38.1 Å². The van der Waals surface area contributed by atoms with E-state index < -0.39 is 0 Å². The quantitative estimate of drug-likeness (QED) is 0.780. The summed E-state index contributed by atoms with van der Waals surface area (Å²) in [6.45, 7) is 6.85. The second-order valence-electron chi connectivity index (χ2n) is 8.36. The van der Waals surface area contributed by atoms with Crippen LogP contribution in [0.5, 0.6) is 0 Å². The van der Waals surface area contributed by atoms with Crippen LogP contribution < -0.4 is 0 Å². The first-order chi connectivity index (χ1) is 13.0. The van der Waals surface area contributed by atoms with Gasteiger partial charge in [-0.25, -0.2) is 9.37 Å². The number of nitrogens with zero attached hydrogens (tertiary/aromatic N) is 3. The lowest BCUT2D eigenvalue weighted by Gasteiger charge is -2.34.